The van der Waals surface area contributed by atoms with E-state index in [4.69, 9.17) is 11.6 Å². The van der Waals surface area contributed by atoms with Crippen molar-refractivity contribution < 1.29 is 4.79 Å². The van der Waals surface area contributed by atoms with E-state index < -0.39 is 0 Å². The number of amides is 1. The number of nitrogens with zero attached hydrogens (tertiary/aromatic N) is 1. The Morgan fingerprint density at radius 3 is 2.74 bits per heavy atom. The number of benzene rings is 1. The minimum Gasteiger partial charge on any atom is -0.348 e. The van der Waals surface area contributed by atoms with Crippen LogP contribution in [0.1, 0.15) is 49.0 Å². The highest BCUT2D eigenvalue weighted by molar-refractivity contribution is 7.14. The molecule has 1 aliphatic carbocycles. The van der Waals surface area contributed by atoms with Gasteiger partial charge in [0.25, 0.3) is 5.91 Å². The topological polar surface area (TPSA) is 54.0 Å². The van der Waals surface area contributed by atoms with Gasteiger partial charge < -0.3 is 10.6 Å². The molecule has 0 aliphatic heterocycles. The molecule has 6 heteroatoms. The highest BCUT2D eigenvalue weighted by atomic mass is 35.5. The number of hydrogen-bond acceptors (Lipinski definition) is 4. The fourth-order valence-corrected chi connectivity index (χ4v) is 3.71. The Kier molecular flexibility index (Phi) is 5.51. The van der Waals surface area contributed by atoms with Gasteiger partial charge in [0.1, 0.15) is 5.69 Å². The van der Waals surface area contributed by atoms with Gasteiger partial charge in [0.15, 0.2) is 5.13 Å². The molecule has 23 heavy (non-hydrogen) atoms. The minimum absolute atomic E-state index is 0.0766. The van der Waals surface area contributed by atoms with E-state index >= 15 is 0 Å². The lowest BCUT2D eigenvalue weighted by molar-refractivity contribution is 0.0929. The van der Waals surface area contributed by atoms with Gasteiger partial charge in [-0.3, -0.25) is 4.79 Å². The van der Waals surface area contributed by atoms with Crippen LogP contribution in [0.3, 0.4) is 0 Å². The zero-order valence-electron chi connectivity index (χ0n) is 12.8. The van der Waals surface area contributed by atoms with Crippen molar-refractivity contribution in [3.05, 3.63) is 40.4 Å². The summed E-state index contributed by atoms with van der Waals surface area (Å²) in [5, 5.41) is 9.44. The van der Waals surface area contributed by atoms with Crippen LogP contribution in [0.25, 0.3) is 0 Å². The van der Waals surface area contributed by atoms with Crippen molar-refractivity contribution >= 4 is 39.7 Å². The molecule has 1 aromatic heterocycles. The predicted molar refractivity (Wildman–Crippen MR) is 95.8 cm³/mol. The number of rotatable bonds is 4. The molecular formula is C17H20ClN3OS. The summed E-state index contributed by atoms with van der Waals surface area (Å²) in [5.74, 6) is -0.0766. The van der Waals surface area contributed by atoms with Gasteiger partial charge in [0.2, 0.25) is 0 Å². The van der Waals surface area contributed by atoms with E-state index in [0.29, 0.717) is 15.8 Å². The van der Waals surface area contributed by atoms with Crippen molar-refractivity contribution in [1.29, 1.82) is 0 Å². The van der Waals surface area contributed by atoms with Crippen molar-refractivity contribution in [2.45, 2.75) is 44.6 Å². The first-order valence-electron chi connectivity index (χ1n) is 8.00. The maximum Gasteiger partial charge on any atom is 0.271 e. The first-order chi connectivity index (χ1) is 11.2. The summed E-state index contributed by atoms with van der Waals surface area (Å²) in [4.78, 5) is 16.7. The smallest absolute Gasteiger partial charge is 0.271 e. The molecule has 0 bridgehead atoms. The van der Waals surface area contributed by atoms with Gasteiger partial charge in [-0.05, 0) is 31.0 Å². The lowest BCUT2D eigenvalue weighted by Gasteiger charge is -2.15. The second-order valence-corrected chi connectivity index (χ2v) is 7.13. The number of anilines is 2. The maximum atomic E-state index is 12.3. The average Bonchev–Trinajstić information content (AvgIpc) is 2.84. The van der Waals surface area contributed by atoms with Crippen LogP contribution in [-0.4, -0.2) is 16.9 Å². The van der Waals surface area contributed by atoms with E-state index in [2.05, 4.69) is 15.6 Å². The summed E-state index contributed by atoms with van der Waals surface area (Å²) in [6.07, 6.45) is 7.09. The summed E-state index contributed by atoms with van der Waals surface area (Å²) >= 11 is 7.39. The fraction of sp³-hybridized carbons (Fsp3) is 0.412. The molecule has 122 valence electrons. The van der Waals surface area contributed by atoms with E-state index in [1.807, 2.05) is 24.3 Å². The molecule has 3 rings (SSSR count). The summed E-state index contributed by atoms with van der Waals surface area (Å²) in [5.41, 5.74) is 1.34. The van der Waals surface area contributed by atoms with Gasteiger partial charge in [-0.15, -0.1) is 11.3 Å². The monoisotopic (exact) mass is 349 g/mol. The van der Waals surface area contributed by atoms with E-state index in [1.54, 1.807) is 5.38 Å². The van der Waals surface area contributed by atoms with Crippen LogP contribution in [0.15, 0.2) is 29.6 Å². The van der Waals surface area contributed by atoms with Crippen LogP contribution in [0.5, 0.6) is 0 Å². The number of hydrogen-bond donors (Lipinski definition) is 2. The van der Waals surface area contributed by atoms with E-state index in [9.17, 15) is 4.79 Å². The van der Waals surface area contributed by atoms with Gasteiger partial charge in [0.05, 0.1) is 0 Å². The summed E-state index contributed by atoms with van der Waals surface area (Å²) < 4.78 is 0. The Hall–Kier alpha value is -1.59. The van der Waals surface area contributed by atoms with Crippen molar-refractivity contribution in [1.82, 2.24) is 10.3 Å². The fourth-order valence-electron chi connectivity index (χ4n) is 2.81. The Labute approximate surface area is 145 Å². The SMILES string of the molecule is O=C(NC1CCCCCC1)c1csc(Nc2cccc(Cl)c2)n1. The lowest BCUT2D eigenvalue weighted by atomic mass is 10.1. The molecule has 0 unspecified atom stereocenters. The van der Waals surface area contributed by atoms with Gasteiger partial charge in [-0.25, -0.2) is 4.98 Å². The maximum absolute atomic E-state index is 12.3. The molecule has 1 aromatic carbocycles. The summed E-state index contributed by atoms with van der Waals surface area (Å²) in [6.45, 7) is 0. The third-order valence-corrected chi connectivity index (χ3v) is 5.00. The van der Waals surface area contributed by atoms with Crippen LogP contribution in [0, 0.1) is 0 Å². The zero-order valence-corrected chi connectivity index (χ0v) is 14.4. The summed E-state index contributed by atoms with van der Waals surface area (Å²) in [6, 6.07) is 7.72. The van der Waals surface area contributed by atoms with E-state index in [-0.39, 0.29) is 11.9 Å². The third kappa shape index (κ3) is 4.69. The van der Waals surface area contributed by atoms with Crippen LogP contribution in [0.4, 0.5) is 10.8 Å². The highest BCUT2D eigenvalue weighted by Gasteiger charge is 2.17. The predicted octanol–water partition coefficient (Wildman–Crippen LogP) is 4.99. The molecule has 2 N–H and O–H groups in total. The molecular weight excluding hydrogens is 330 g/mol. The summed E-state index contributed by atoms with van der Waals surface area (Å²) in [7, 11) is 0. The van der Waals surface area contributed by atoms with Crippen LogP contribution < -0.4 is 10.6 Å². The van der Waals surface area contributed by atoms with Crippen LogP contribution in [-0.2, 0) is 0 Å². The molecule has 1 heterocycles. The van der Waals surface area contributed by atoms with Crippen molar-refractivity contribution in [2.75, 3.05) is 5.32 Å². The lowest BCUT2D eigenvalue weighted by Crippen LogP contribution is -2.34. The number of carbonyl (C=O) groups is 1. The quantitative estimate of drug-likeness (QED) is 0.764. The largest absolute Gasteiger partial charge is 0.348 e. The first kappa shape index (κ1) is 16.3. The van der Waals surface area contributed by atoms with Crippen LogP contribution >= 0.6 is 22.9 Å². The van der Waals surface area contributed by atoms with Gasteiger partial charge in [-0.1, -0.05) is 43.4 Å². The molecule has 1 fully saturated rings. The molecule has 1 saturated carbocycles. The minimum atomic E-state index is -0.0766. The van der Waals surface area contributed by atoms with E-state index in [0.717, 1.165) is 18.5 Å². The Balaban J connectivity index is 1.60. The molecule has 0 radical (unpaired) electrons. The Morgan fingerprint density at radius 2 is 2.00 bits per heavy atom. The first-order valence-corrected chi connectivity index (χ1v) is 9.25. The number of carbonyl (C=O) groups excluding carboxylic acids is 1. The molecule has 4 nitrogen and oxygen atoms in total. The number of aromatic nitrogens is 1. The molecule has 0 atom stereocenters. The Bertz CT molecular complexity index is 665. The highest BCUT2D eigenvalue weighted by Crippen LogP contribution is 2.23. The molecule has 1 amide bonds. The van der Waals surface area contributed by atoms with Gasteiger partial charge in [0, 0.05) is 22.1 Å². The third-order valence-electron chi connectivity index (χ3n) is 4.00. The number of halogens is 1. The van der Waals surface area contributed by atoms with Gasteiger partial charge >= 0.3 is 0 Å². The van der Waals surface area contributed by atoms with Gasteiger partial charge in [-0.2, -0.15) is 0 Å². The van der Waals surface area contributed by atoms with Crippen molar-refractivity contribution in [3.63, 3.8) is 0 Å². The molecule has 0 spiro atoms. The standard InChI is InChI=1S/C17H20ClN3OS/c18-12-6-5-9-14(10-12)20-17-21-15(11-23-17)16(22)19-13-7-3-1-2-4-8-13/h5-6,9-11,13H,1-4,7-8H2,(H,19,22)(H,20,21). The Morgan fingerprint density at radius 1 is 1.22 bits per heavy atom. The van der Waals surface area contributed by atoms with E-state index in [1.165, 1.54) is 37.0 Å². The number of nitrogens with one attached hydrogen (secondary N) is 2. The number of thiazole rings is 1. The van der Waals surface area contributed by atoms with Crippen molar-refractivity contribution in [3.8, 4) is 0 Å². The average molecular weight is 350 g/mol. The molecule has 1 aliphatic rings. The van der Waals surface area contributed by atoms with Crippen molar-refractivity contribution in [2.24, 2.45) is 0 Å². The normalized spacial score (nSPS) is 15.9. The second-order valence-electron chi connectivity index (χ2n) is 5.84. The zero-order chi connectivity index (χ0) is 16.1. The second kappa shape index (κ2) is 7.79. The molecule has 2 aromatic rings. The molecule has 0 saturated heterocycles. The van der Waals surface area contributed by atoms with Crippen LogP contribution in [0.2, 0.25) is 5.02 Å².